The Morgan fingerprint density at radius 3 is 2.24 bits per heavy atom. The molecular weight excluding hydrogens is 316 g/mol. The topological polar surface area (TPSA) is 64.7 Å². The Labute approximate surface area is 148 Å². The summed E-state index contributed by atoms with van der Waals surface area (Å²) in [6, 6.07) is 7.62. The van der Waals surface area contributed by atoms with E-state index in [1.807, 2.05) is 30.9 Å². The zero-order chi connectivity index (χ0) is 17.8. The van der Waals surface area contributed by atoms with Crippen molar-refractivity contribution in [2.75, 3.05) is 36.8 Å². The van der Waals surface area contributed by atoms with Crippen molar-refractivity contribution in [1.82, 2.24) is 9.80 Å². The minimum atomic E-state index is -0.0618. The van der Waals surface area contributed by atoms with Gasteiger partial charge in [0.05, 0.1) is 0 Å². The molecule has 0 saturated carbocycles. The molecule has 1 atom stereocenters. The van der Waals surface area contributed by atoms with Crippen LogP contribution in [0.1, 0.15) is 20.3 Å². The minimum Gasteiger partial charge on any atom is -0.326 e. The summed E-state index contributed by atoms with van der Waals surface area (Å²) in [5.41, 5.74) is 1.47. The predicted octanol–water partition coefficient (Wildman–Crippen LogP) is 2.76. The number of amides is 3. The smallest absolute Gasteiger partial charge is 0.321 e. The number of urea groups is 1. The van der Waals surface area contributed by atoms with Gasteiger partial charge in [-0.05, 0) is 30.7 Å². The van der Waals surface area contributed by atoms with Crippen LogP contribution in [0.2, 0.25) is 0 Å². The highest BCUT2D eigenvalue weighted by atomic mass is 16.2. The van der Waals surface area contributed by atoms with E-state index in [9.17, 15) is 9.59 Å². The number of anilines is 2. The fourth-order valence-electron chi connectivity index (χ4n) is 3.14. The van der Waals surface area contributed by atoms with Crippen molar-refractivity contribution < 1.29 is 9.59 Å². The summed E-state index contributed by atoms with van der Waals surface area (Å²) in [6.45, 7) is 7.25. The third kappa shape index (κ3) is 4.39. The molecule has 6 nitrogen and oxygen atoms in total. The molecule has 3 amide bonds. The van der Waals surface area contributed by atoms with Crippen LogP contribution in [0.5, 0.6) is 0 Å². The number of likely N-dealkylation sites (tertiary alicyclic amines) is 1. The van der Waals surface area contributed by atoms with Gasteiger partial charge in [-0.25, -0.2) is 4.79 Å². The van der Waals surface area contributed by atoms with E-state index in [1.54, 1.807) is 12.1 Å². The van der Waals surface area contributed by atoms with Gasteiger partial charge in [0.15, 0.2) is 0 Å². The molecule has 2 N–H and O–H groups in total. The number of hydrogen-bond acceptors (Lipinski definition) is 3. The van der Waals surface area contributed by atoms with E-state index in [2.05, 4.69) is 27.7 Å². The van der Waals surface area contributed by atoms with Crippen LogP contribution in [0.15, 0.2) is 36.4 Å². The molecule has 3 rings (SSSR count). The Morgan fingerprint density at radius 2 is 1.64 bits per heavy atom. The normalized spacial score (nSPS) is 20.3. The van der Waals surface area contributed by atoms with Crippen LogP contribution in [0.25, 0.3) is 0 Å². The van der Waals surface area contributed by atoms with Gasteiger partial charge in [-0.2, -0.15) is 0 Å². The second-order valence-corrected chi connectivity index (χ2v) is 6.97. The van der Waals surface area contributed by atoms with Crippen molar-refractivity contribution in [2.45, 2.75) is 26.3 Å². The molecule has 1 aromatic carbocycles. The second-order valence-electron chi connectivity index (χ2n) is 6.97. The minimum absolute atomic E-state index is 0.0173. The SMILES string of the molecule is CC(C)C(=O)Nc1ccc(NC(=O)N2CC[C@H](N3CC=CC3)C2)cc1. The molecule has 25 heavy (non-hydrogen) atoms. The summed E-state index contributed by atoms with van der Waals surface area (Å²) in [6.07, 6.45) is 5.39. The molecule has 2 aliphatic heterocycles. The lowest BCUT2D eigenvalue weighted by Crippen LogP contribution is -2.38. The lowest BCUT2D eigenvalue weighted by molar-refractivity contribution is -0.118. The van der Waals surface area contributed by atoms with Crippen LogP contribution < -0.4 is 10.6 Å². The van der Waals surface area contributed by atoms with Crippen molar-refractivity contribution in [3.63, 3.8) is 0 Å². The fourth-order valence-corrected chi connectivity index (χ4v) is 3.14. The average Bonchev–Trinajstić information content (AvgIpc) is 3.27. The number of nitrogens with one attached hydrogen (secondary N) is 2. The molecule has 2 heterocycles. The van der Waals surface area contributed by atoms with Gasteiger partial charge in [-0.3, -0.25) is 9.69 Å². The largest absolute Gasteiger partial charge is 0.326 e. The highest BCUT2D eigenvalue weighted by molar-refractivity contribution is 5.93. The maximum Gasteiger partial charge on any atom is 0.321 e. The van der Waals surface area contributed by atoms with Gasteiger partial charge in [-0.15, -0.1) is 0 Å². The Balaban J connectivity index is 1.50. The summed E-state index contributed by atoms with van der Waals surface area (Å²) in [7, 11) is 0. The monoisotopic (exact) mass is 342 g/mol. The van der Waals surface area contributed by atoms with Crippen molar-refractivity contribution >= 4 is 23.3 Å². The van der Waals surface area contributed by atoms with Crippen LogP contribution >= 0.6 is 0 Å². The summed E-state index contributed by atoms with van der Waals surface area (Å²) in [4.78, 5) is 28.4. The fraction of sp³-hybridized carbons (Fsp3) is 0.474. The molecule has 1 saturated heterocycles. The van der Waals surface area contributed by atoms with Crippen LogP contribution in [0.4, 0.5) is 16.2 Å². The van der Waals surface area contributed by atoms with Crippen molar-refractivity contribution in [3.8, 4) is 0 Å². The number of rotatable bonds is 4. The van der Waals surface area contributed by atoms with Gasteiger partial charge in [0, 0.05) is 49.5 Å². The van der Waals surface area contributed by atoms with Crippen LogP contribution in [-0.4, -0.2) is 54.0 Å². The predicted molar refractivity (Wildman–Crippen MR) is 99.6 cm³/mol. The quantitative estimate of drug-likeness (QED) is 0.827. The van der Waals surface area contributed by atoms with Crippen molar-refractivity contribution in [3.05, 3.63) is 36.4 Å². The van der Waals surface area contributed by atoms with Gasteiger partial charge in [-0.1, -0.05) is 26.0 Å². The van der Waals surface area contributed by atoms with Crippen LogP contribution in [0, 0.1) is 5.92 Å². The third-order valence-corrected chi connectivity index (χ3v) is 4.74. The maximum absolute atomic E-state index is 12.4. The molecule has 0 unspecified atom stereocenters. The first-order chi connectivity index (χ1) is 12.0. The molecule has 1 fully saturated rings. The summed E-state index contributed by atoms with van der Waals surface area (Å²) >= 11 is 0. The number of carbonyl (C=O) groups excluding carboxylic acids is 2. The molecule has 0 spiro atoms. The van der Waals surface area contributed by atoms with Crippen LogP contribution in [0.3, 0.4) is 0 Å². The van der Waals surface area contributed by atoms with Crippen molar-refractivity contribution in [1.29, 1.82) is 0 Å². The second kappa shape index (κ2) is 7.70. The van der Waals surface area contributed by atoms with E-state index in [0.29, 0.717) is 6.04 Å². The number of carbonyl (C=O) groups is 2. The number of benzene rings is 1. The molecule has 134 valence electrons. The molecule has 2 aliphatic rings. The molecule has 0 aliphatic carbocycles. The summed E-state index contributed by atoms with van der Waals surface area (Å²) < 4.78 is 0. The molecule has 0 radical (unpaired) electrons. The Morgan fingerprint density at radius 1 is 1.04 bits per heavy atom. The van der Waals surface area contributed by atoms with E-state index in [4.69, 9.17) is 0 Å². The zero-order valence-corrected chi connectivity index (χ0v) is 14.9. The zero-order valence-electron chi connectivity index (χ0n) is 14.9. The molecule has 0 aromatic heterocycles. The molecule has 6 heteroatoms. The Hall–Kier alpha value is -2.34. The van der Waals surface area contributed by atoms with Crippen LogP contribution in [-0.2, 0) is 4.79 Å². The van der Waals surface area contributed by atoms with E-state index in [1.165, 1.54) is 0 Å². The maximum atomic E-state index is 12.4. The standard InChI is InChI=1S/C19H26N4O2/c1-14(2)18(24)20-15-5-7-16(8-6-15)21-19(25)23-12-9-17(13-23)22-10-3-4-11-22/h3-8,14,17H,9-13H2,1-2H3,(H,20,24)(H,21,25)/t17-/m0/s1. The van der Waals surface area contributed by atoms with Gasteiger partial charge in [0.25, 0.3) is 0 Å². The van der Waals surface area contributed by atoms with Gasteiger partial charge >= 0.3 is 6.03 Å². The average molecular weight is 342 g/mol. The van der Waals surface area contributed by atoms with Gasteiger partial charge < -0.3 is 15.5 Å². The lowest BCUT2D eigenvalue weighted by Gasteiger charge is -2.23. The van der Waals surface area contributed by atoms with Gasteiger partial charge in [0.2, 0.25) is 5.91 Å². The lowest BCUT2D eigenvalue weighted by atomic mass is 10.2. The first kappa shape index (κ1) is 17.5. The summed E-state index contributed by atoms with van der Waals surface area (Å²) in [5.74, 6) is -0.0791. The first-order valence-electron chi connectivity index (χ1n) is 8.89. The highest BCUT2D eigenvalue weighted by Crippen LogP contribution is 2.20. The number of hydrogen-bond donors (Lipinski definition) is 2. The van der Waals surface area contributed by atoms with E-state index < -0.39 is 0 Å². The Bertz CT molecular complexity index is 646. The molecule has 1 aromatic rings. The molecular formula is C19H26N4O2. The van der Waals surface area contributed by atoms with Crippen molar-refractivity contribution in [2.24, 2.45) is 5.92 Å². The Kier molecular flexibility index (Phi) is 5.38. The third-order valence-electron chi connectivity index (χ3n) is 4.74. The van der Waals surface area contributed by atoms with E-state index >= 15 is 0 Å². The van der Waals surface area contributed by atoms with E-state index in [-0.39, 0.29) is 17.9 Å². The first-order valence-corrected chi connectivity index (χ1v) is 8.89. The molecule has 0 bridgehead atoms. The summed E-state index contributed by atoms with van der Waals surface area (Å²) in [5, 5.41) is 5.78. The van der Waals surface area contributed by atoms with E-state index in [0.717, 1.165) is 44.0 Å². The highest BCUT2D eigenvalue weighted by Gasteiger charge is 2.30. The number of nitrogens with zero attached hydrogens (tertiary/aromatic N) is 2. The van der Waals surface area contributed by atoms with Gasteiger partial charge in [0.1, 0.15) is 0 Å².